The second kappa shape index (κ2) is 9.16. The van der Waals surface area contributed by atoms with Gasteiger partial charge in [0, 0.05) is 45.1 Å². The van der Waals surface area contributed by atoms with Crippen LogP contribution >= 0.6 is 0 Å². The van der Waals surface area contributed by atoms with Gasteiger partial charge in [0.05, 0.1) is 17.9 Å². The first kappa shape index (κ1) is 19.6. The van der Waals surface area contributed by atoms with Gasteiger partial charge in [-0.15, -0.1) is 0 Å². The predicted molar refractivity (Wildman–Crippen MR) is 102 cm³/mol. The van der Waals surface area contributed by atoms with Gasteiger partial charge in [0.1, 0.15) is 5.82 Å². The first-order valence-corrected chi connectivity index (χ1v) is 9.21. The van der Waals surface area contributed by atoms with Crippen molar-refractivity contribution in [1.82, 2.24) is 14.8 Å². The number of piperazine rings is 1. The van der Waals surface area contributed by atoms with E-state index in [-0.39, 0.29) is 17.8 Å². The van der Waals surface area contributed by atoms with Gasteiger partial charge in [-0.05, 0) is 30.7 Å². The smallest absolute Gasteiger partial charge is 0.409 e. The van der Waals surface area contributed by atoms with E-state index in [1.807, 2.05) is 0 Å². The highest BCUT2D eigenvalue weighted by Crippen LogP contribution is 2.14. The first-order valence-electron chi connectivity index (χ1n) is 9.21. The minimum absolute atomic E-state index is 0.124. The van der Waals surface area contributed by atoms with Crippen molar-refractivity contribution >= 4 is 17.7 Å². The number of anilines is 1. The Balaban J connectivity index is 1.56. The summed E-state index contributed by atoms with van der Waals surface area (Å²) in [5.74, 6) is -0.400. The lowest BCUT2D eigenvalue weighted by atomic mass is 10.2. The molecule has 1 N–H and O–H groups in total. The second-order valence-corrected chi connectivity index (χ2v) is 6.42. The molecule has 0 spiro atoms. The summed E-state index contributed by atoms with van der Waals surface area (Å²) in [7, 11) is 0. The van der Waals surface area contributed by atoms with E-state index in [0.29, 0.717) is 50.6 Å². The van der Waals surface area contributed by atoms with Gasteiger partial charge in [-0.25, -0.2) is 9.18 Å². The number of nitrogens with one attached hydrogen (secondary N) is 1. The van der Waals surface area contributed by atoms with Crippen molar-refractivity contribution < 1.29 is 18.7 Å². The summed E-state index contributed by atoms with van der Waals surface area (Å²) in [6, 6.07) is 7.97. The third-order valence-corrected chi connectivity index (χ3v) is 4.49. The van der Waals surface area contributed by atoms with Gasteiger partial charge >= 0.3 is 6.09 Å². The number of aromatic nitrogens is 1. The van der Waals surface area contributed by atoms with Crippen molar-refractivity contribution in [2.24, 2.45) is 0 Å². The van der Waals surface area contributed by atoms with Gasteiger partial charge in [0.25, 0.3) is 5.91 Å². The summed E-state index contributed by atoms with van der Waals surface area (Å²) in [4.78, 5) is 32.0. The summed E-state index contributed by atoms with van der Waals surface area (Å²) in [6.07, 6.45) is 2.82. The van der Waals surface area contributed by atoms with Gasteiger partial charge in [-0.2, -0.15) is 0 Å². The molecule has 3 rings (SSSR count). The number of pyridine rings is 1. The van der Waals surface area contributed by atoms with Crippen LogP contribution in [0.25, 0.3) is 0 Å². The average Bonchev–Trinajstić information content (AvgIpc) is 2.73. The van der Waals surface area contributed by atoms with Crippen LogP contribution in [0.4, 0.5) is 14.9 Å². The fraction of sp³-hybridized carbons (Fsp3) is 0.350. The summed E-state index contributed by atoms with van der Waals surface area (Å²) in [5, 5.41) is 3.19. The Kier molecular flexibility index (Phi) is 6.41. The van der Waals surface area contributed by atoms with Crippen LogP contribution in [0.1, 0.15) is 22.8 Å². The maximum Gasteiger partial charge on any atom is 0.409 e. The maximum absolute atomic E-state index is 13.0. The van der Waals surface area contributed by atoms with Gasteiger partial charge < -0.3 is 19.9 Å². The number of benzene rings is 1. The fourth-order valence-corrected chi connectivity index (χ4v) is 2.95. The Bertz CT molecular complexity index is 820. The third-order valence-electron chi connectivity index (χ3n) is 4.49. The van der Waals surface area contributed by atoms with Crippen molar-refractivity contribution in [3.8, 4) is 0 Å². The fourth-order valence-electron chi connectivity index (χ4n) is 2.95. The Morgan fingerprint density at radius 3 is 2.46 bits per heavy atom. The zero-order valence-corrected chi connectivity index (χ0v) is 15.7. The van der Waals surface area contributed by atoms with Crippen LogP contribution in [0.5, 0.6) is 0 Å². The molecule has 1 aliphatic heterocycles. The topological polar surface area (TPSA) is 74.8 Å². The molecule has 2 aromatic rings. The van der Waals surface area contributed by atoms with E-state index in [4.69, 9.17) is 4.74 Å². The van der Waals surface area contributed by atoms with Crippen LogP contribution < -0.4 is 5.32 Å². The quantitative estimate of drug-likeness (QED) is 0.855. The van der Waals surface area contributed by atoms with Crippen LogP contribution in [0.15, 0.2) is 42.7 Å². The number of hydrogen-bond donors (Lipinski definition) is 1. The van der Waals surface area contributed by atoms with Gasteiger partial charge in [-0.3, -0.25) is 9.78 Å². The molecule has 0 bridgehead atoms. The number of rotatable bonds is 5. The van der Waals surface area contributed by atoms with Crippen molar-refractivity contribution in [1.29, 1.82) is 0 Å². The number of hydrogen-bond acceptors (Lipinski definition) is 5. The lowest BCUT2D eigenvalue weighted by Crippen LogP contribution is -2.50. The Morgan fingerprint density at radius 1 is 1.11 bits per heavy atom. The van der Waals surface area contributed by atoms with E-state index in [0.717, 1.165) is 5.56 Å². The summed E-state index contributed by atoms with van der Waals surface area (Å²) in [6.45, 7) is 4.39. The Labute approximate surface area is 163 Å². The normalized spacial score (nSPS) is 13.9. The monoisotopic (exact) mass is 386 g/mol. The van der Waals surface area contributed by atoms with Crippen LogP contribution in [0.3, 0.4) is 0 Å². The molecule has 0 saturated carbocycles. The number of nitrogens with zero attached hydrogens (tertiary/aromatic N) is 3. The van der Waals surface area contributed by atoms with Crippen LogP contribution in [-0.2, 0) is 11.3 Å². The van der Waals surface area contributed by atoms with Crippen LogP contribution in [0.2, 0.25) is 0 Å². The number of carbonyl (C=O) groups is 2. The zero-order valence-electron chi connectivity index (χ0n) is 15.7. The number of ether oxygens (including phenoxy) is 1. The van der Waals surface area contributed by atoms with E-state index in [1.54, 1.807) is 41.1 Å². The molecule has 0 atom stereocenters. The van der Waals surface area contributed by atoms with E-state index < -0.39 is 0 Å². The average molecular weight is 386 g/mol. The number of carbonyl (C=O) groups excluding carboxylic acids is 2. The molecule has 1 aliphatic rings. The lowest BCUT2D eigenvalue weighted by Gasteiger charge is -2.34. The van der Waals surface area contributed by atoms with Crippen molar-refractivity contribution in [2.75, 3.05) is 38.1 Å². The largest absolute Gasteiger partial charge is 0.450 e. The molecule has 8 heteroatoms. The summed E-state index contributed by atoms with van der Waals surface area (Å²) >= 11 is 0. The molecule has 0 radical (unpaired) electrons. The molecule has 28 heavy (non-hydrogen) atoms. The molecule has 7 nitrogen and oxygen atoms in total. The van der Waals surface area contributed by atoms with Crippen LogP contribution in [0, 0.1) is 5.82 Å². The Hall–Kier alpha value is -3.16. The standard InChI is InChI=1S/C20H23FN4O3/c1-2-28-20(27)25-9-7-24(8-10-25)19(26)16-11-18(14-22-13-16)23-12-15-3-5-17(21)6-4-15/h3-6,11,13-14,23H,2,7-10,12H2,1H3. The SMILES string of the molecule is CCOC(=O)N1CCN(C(=O)c2cncc(NCc3ccc(F)cc3)c2)CC1. The second-order valence-electron chi connectivity index (χ2n) is 6.42. The Morgan fingerprint density at radius 2 is 1.79 bits per heavy atom. The molecule has 2 amide bonds. The molecule has 1 aromatic heterocycles. The van der Waals surface area contributed by atoms with Crippen molar-refractivity contribution in [2.45, 2.75) is 13.5 Å². The molecule has 148 valence electrons. The molecular weight excluding hydrogens is 363 g/mol. The minimum atomic E-state index is -0.344. The van der Waals surface area contributed by atoms with Gasteiger partial charge in [0.15, 0.2) is 0 Å². The highest BCUT2D eigenvalue weighted by Gasteiger charge is 2.25. The number of amides is 2. The van der Waals surface area contributed by atoms with Crippen LogP contribution in [-0.4, -0.2) is 59.6 Å². The van der Waals surface area contributed by atoms with Crippen molar-refractivity contribution in [3.63, 3.8) is 0 Å². The molecule has 0 unspecified atom stereocenters. The molecular formula is C20H23FN4O3. The zero-order chi connectivity index (χ0) is 19.9. The highest BCUT2D eigenvalue weighted by atomic mass is 19.1. The lowest BCUT2D eigenvalue weighted by molar-refractivity contribution is 0.0570. The third kappa shape index (κ3) is 4.97. The highest BCUT2D eigenvalue weighted by molar-refractivity contribution is 5.95. The van der Waals surface area contributed by atoms with E-state index >= 15 is 0 Å². The van der Waals surface area contributed by atoms with E-state index in [9.17, 15) is 14.0 Å². The molecule has 2 heterocycles. The van der Waals surface area contributed by atoms with Crippen molar-refractivity contribution in [3.05, 3.63) is 59.7 Å². The van der Waals surface area contributed by atoms with E-state index in [1.165, 1.54) is 18.3 Å². The van der Waals surface area contributed by atoms with Gasteiger partial charge in [-0.1, -0.05) is 12.1 Å². The predicted octanol–water partition coefficient (Wildman–Crippen LogP) is 2.75. The summed E-state index contributed by atoms with van der Waals surface area (Å²) in [5.41, 5.74) is 2.11. The van der Waals surface area contributed by atoms with E-state index in [2.05, 4.69) is 10.3 Å². The molecule has 0 aliphatic carbocycles. The minimum Gasteiger partial charge on any atom is -0.450 e. The molecule has 1 saturated heterocycles. The summed E-state index contributed by atoms with van der Waals surface area (Å²) < 4.78 is 18.0. The first-order chi connectivity index (χ1) is 13.6. The maximum atomic E-state index is 13.0. The molecule has 1 fully saturated rings. The number of halogens is 1. The van der Waals surface area contributed by atoms with Gasteiger partial charge in [0.2, 0.25) is 0 Å². The molecule has 1 aromatic carbocycles.